The van der Waals surface area contributed by atoms with E-state index in [2.05, 4.69) is 42.1 Å². The van der Waals surface area contributed by atoms with Crippen LogP contribution in [0, 0.1) is 0 Å². The Balaban J connectivity index is 0.00000484. The van der Waals surface area contributed by atoms with E-state index in [1.54, 1.807) is 0 Å². The SMILES string of the molecule is CCCCCCCCCCCCCCCC[n+]1ccccc1.[Ca+2]. The van der Waals surface area contributed by atoms with Gasteiger partial charge in [0.1, 0.15) is 6.54 Å². The van der Waals surface area contributed by atoms with Gasteiger partial charge in [-0.1, -0.05) is 90.0 Å². The molecule has 0 amide bonds. The van der Waals surface area contributed by atoms with Crippen LogP contribution in [0.3, 0.4) is 0 Å². The van der Waals surface area contributed by atoms with Crippen molar-refractivity contribution in [3.05, 3.63) is 30.6 Å². The summed E-state index contributed by atoms with van der Waals surface area (Å²) in [6, 6.07) is 6.31. The molecule has 0 saturated carbocycles. The fraction of sp³-hybridized carbons (Fsp3) is 0.762. The van der Waals surface area contributed by atoms with E-state index in [-0.39, 0.29) is 37.7 Å². The maximum absolute atomic E-state index is 2.29. The Bertz CT molecular complexity index is 326. The molecule has 1 rings (SSSR count). The first-order valence-corrected chi connectivity index (χ1v) is 9.87. The quantitative estimate of drug-likeness (QED) is 0.206. The molecule has 0 fully saturated rings. The third-order valence-corrected chi connectivity index (χ3v) is 4.55. The van der Waals surface area contributed by atoms with Crippen molar-refractivity contribution in [2.45, 2.75) is 103 Å². The average molecular weight is 345 g/mol. The molecule has 0 spiro atoms. The number of nitrogens with zero attached hydrogens (tertiary/aromatic N) is 1. The second-order valence-electron chi connectivity index (χ2n) is 6.71. The van der Waals surface area contributed by atoms with E-state index in [1.807, 2.05) is 0 Å². The minimum atomic E-state index is 0. The number of hydrogen-bond donors (Lipinski definition) is 0. The molecule has 23 heavy (non-hydrogen) atoms. The number of hydrogen-bond acceptors (Lipinski definition) is 0. The van der Waals surface area contributed by atoms with Gasteiger partial charge in [-0.15, -0.1) is 0 Å². The van der Waals surface area contributed by atoms with E-state index in [4.69, 9.17) is 0 Å². The number of pyridine rings is 1. The van der Waals surface area contributed by atoms with Crippen molar-refractivity contribution in [3.63, 3.8) is 0 Å². The summed E-state index contributed by atoms with van der Waals surface area (Å²) in [4.78, 5) is 0. The standard InChI is InChI=1S/C21H38N.Ca/c1-2-3-4-5-6-7-8-9-10-11-12-13-14-16-19-22-20-17-15-18-21-22;/h15,17-18,20-21H,2-14,16,19H2,1H3;/q+1;+2. The molecule has 1 aromatic rings. The molecule has 1 aromatic heterocycles. The van der Waals surface area contributed by atoms with E-state index in [9.17, 15) is 0 Å². The van der Waals surface area contributed by atoms with Gasteiger partial charge in [-0.2, -0.15) is 0 Å². The second kappa shape index (κ2) is 18.7. The van der Waals surface area contributed by atoms with Gasteiger partial charge in [0, 0.05) is 18.6 Å². The first-order chi connectivity index (χ1) is 10.9. The molecule has 0 aliphatic carbocycles. The molecule has 0 saturated heterocycles. The molecular weight excluding hydrogens is 306 g/mol. The Hall–Kier alpha value is 0.410. The molecule has 0 atom stereocenters. The molecule has 0 N–H and O–H groups in total. The van der Waals surface area contributed by atoms with Crippen LogP contribution in [0.5, 0.6) is 0 Å². The van der Waals surface area contributed by atoms with Crippen molar-refractivity contribution in [2.75, 3.05) is 0 Å². The Morgan fingerprint density at radius 3 is 1.35 bits per heavy atom. The Morgan fingerprint density at radius 2 is 0.913 bits per heavy atom. The van der Waals surface area contributed by atoms with Crippen molar-refractivity contribution in [3.8, 4) is 0 Å². The summed E-state index contributed by atoms with van der Waals surface area (Å²) in [6.45, 7) is 3.47. The predicted octanol–water partition coefficient (Wildman–Crippen LogP) is 6.07. The summed E-state index contributed by atoms with van der Waals surface area (Å²) in [5, 5.41) is 0. The molecule has 126 valence electrons. The third kappa shape index (κ3) is 15.7. The van der Waals surface area contributed by atoms with Crippen molar-refractivity contribution in [1.82, 2.24) is 0 Å². The van der Waals surface area contributed by atoms with Gasteiger partial charge in [-0.05, 0) is 6.42 Å². The van der Waals surface area contributed by atoms with Crippen molar-refractivity contribution in [1.29, 1.82) is 0 Å². The largest absolute Gasteiger partial charge is 2.00 e. The molecule has 0 bridgehead atoms. The first kappa shape index (κ1) is 23.4. The number of rotatable bonds is 15. The molecule has 0 aromatic carbocycles. The fourth-order valence-corrected chi connectivity index (χ4v) is 3.07. The second-order valence-corrected chi connectivity index (χ2v) is 6.71. The van der Waals surface area contributed by atoms with Crippen LogP contribution in [-0.2, 0) is 6.54 Å². The summed E-state index contributed by atoms with van der Waals surface area (Å²) in [7, 11) is 0. The van der Waals surface area contributed by atoms with Crippen LogP contribution in [0.25, 0.3) is 0 Å². The summed E-state index contributed by atoms with van der Waals surface area (Å²) in [5.74, 6) is 0. The number of aryl methyl sites for hydroxylation is 1. The zero-order valence-corrected chi connectivity index (χ0v) is 17.9. The third-order valence-electron chi connectivity index (χ3n) is 4.55. The van der Waals surface area contributed by atoms with Crippen LogP contribution in [0.1, 0.15) is 96.8 Å². The minimum absolute atomic E-state index is 0. The van der Waals surface area contributed by atoms with Crippen LogP contribution in [0.2, 0.25) is 0 Å². The van der Waals surface area contributed by atoms with Crippen LogP contribution in [-0.4, -0.2) is 37.7 Å². The van der Waals surface area contributed by atoms with Gasteiger partial charge in [0.2, 0.25) is 0 Å². The number of unbranched alkanes of at least 4 members (excludes halogenated alkanes) is 13. The molecule has 0 aliphatic heterocycles. The zero-order chi connectivity index (χ0) is 15.7. The van der Waals surface area contributed by atoms with Crippen LogP contribution < -0.4 is 4.57 Å². The molecule has 0 radical (unpaired) electrons. The van der Waals surface area contributed by atoms with E-state index in [0.717, 1.165) is 0 Å². The fourth-order valence-electron chi connectivity index (χ4n) is 3.07. The van der Waals surface area contributed by atoms with Gasteiger partial charge >= 0.3 is 37.7 Å². The summed E-state index contributed by atoms with van der Waals surface area (Å²) >= 11 is 0. The van der Waals surface area contributed by atoms with E-state index < -0.39 is 0 Å². The Kier molecular flexibility index (Phi) is 19.1. The van der Waals surface area contributed by atoms with E-state index in [1.165, 1.54) is 96.4 Å². The minimum Gasteiger partial charge on any atom is -0.205 e. The Morgan fingerprint density at radius 1 is 0.522 bits per heavy atom. The maximum Gasteiger partial charge on any atom is 2.00 e. The van der Waals surface area contributed by atoms with Gasteiger partial charge in [0.15, 0.2) is 12.4 Å². The Labute approximate surface area is 175 Å². The summed E-state index contributed by atoms with van der Waals surface area (Å²) in [6.07, 6.45) is 24.4. The van der Waals surface area contributed by atoms with E-state index in [0.29, 0.717) is 0 Å². The normalized spacial score (nSPS) is 10.5. The van der Waals surface area contributed by atoms with Gasteiger partial charge in [-0.25, -0.2) is 4.57 Å². The van der Waals surface area contributed by atoms with Gasteiger partial charge in [0.25, 0.3) is 0 Å². The van der Waals surface area contributed by atoms with Crippen LogP contribution in [0.15, 0.2) is 30.6 Å². The molecule has 0 aliphatic rings. The first-order valence-electron chi connectivity index (χ1n) is 9.87. The van der Waals surface area contributed by atoms with Crippen LogP contribution >= 0.6 is 0 Å². The summed E-state index contributed by atoms with van der Waals surface area (Å²) < 4.78 is 2.29. The van der Waals surface area contributed by atoms with Crippen molar-refractivity contribution < 1.29 is 4.57 Å². The van der Waals surface area contributed by atoms with Gasteiger partial charge in [0.05, 0.1) is 0 Å². The van der Waals surface area contributed by atoms with E-state index >= 15 is 0 Å². The predicted molar refractivity (Wildman–Crippen MR) is 103 cm³/mol. The number of aromatic nitrogens is 1. The molecule has 2 heteroatoms. The zero-order valence-electron chi connectivity index (χ0n) is 15.6. The average Bonchev–Trinajstić information content (AvgIpc) is 2.56. The van der Waals surface area contributed by atoms with Crippen molar-refractivity contribution in [2.24, 2.45) is 0 Å². The van der Waals surface area contributed by atoms with Crippen molar-refractivity contribution >= 4 is 37.7 Å². The molecular formula is C21H38CaN+3. The molecule has 1 nitrogen and oxygen atoms in total. The monoisotopic (exact) mass is 344 g/mol. The molecule has 0 unspecified atom stereocenters. The maximum atomic E-state index is 2.29. The smallest absolute Gasteiger partial charge is 0.205 e. The topological polar surface area (TPSA) is 3.88 Å². The van der Waals surface area contributed by atoms with Crippen LogP contribution in [0.4, 0.5) is 0 Å². The summed E-state index contributed by atoms with van der Waals surface area (Å²) in [5.41, 5.74) is 0. The van der Waals surface area contributed by atoms with Gasteiger partial charge < -0.3 is 0 Å². The van der Waals surface area contributed by atoms with Gasteiger partial charge in [-0.3, -0.25) is 0 Å². The molecule has 1 heterocycles.